The van der Waals surface area contributed by atoms with E-state index in [9.17, 15) is 0 Å². The van der Waals surface area contributed by atoms with Gasteiger partial charge in [-0.3, -0.25) is 0 Å². The summed E-state index contributed by atoms with van der Waals surface area (Å²) >= 11 is 0. The number of hydrogen-bond donors (Lipinski definition) is 0. The van der Waals surface area contributed by atoms with Crippen molar-refractivity contribution in [3.05, 3.63) is 204 Å². The van der Waals surface area contributed by atoms with Crippen LogP contribution in [0.4, 0.5) is 0 Å². The fourth-order valence-corrected chi connectivity index (χ4v) is 8.81. The molecule has 0 saturated heterocycles. The van der Waals surface area contributed by atoms with Crippen LogP contribution in [-0.2, 0) is 5.41 Å². The molecule has 0 aliphatic heterocycles. The van der Waals surface area contributed by atoms with Crippen molar-refractivity contribution in [1.29, 1.82) is 0 Å². The van der Waals surface area contributed by atoms with Crippen molar-refractivity contribution in [3.8, 4) is 44.5 Å². The minimum atomic E-state index is -0.0510. The molecule has 0 bridgehead atoms. The summed E-state index contributed by atoms with van der Waals surface area (Å²) in [6.07, 6.45) is 4.42. The van der Waals surface area contributed by atoms with Gasteiger partial charge < -0.3 is 0 Å². The molecule has 9 aromatic carbocycles. The minimum Gasteiger partial charge on any atom is -0.0619 e. The van der Waals surface area contributed by atoms with E-state index < -0.39 is 0 Å². The van der Waals surface area contributed by atoms with E-state index in [0.29, 0.717) is 0 Å². The highest BCUT2D eigenvalue weighted by molar-refractivity contribution is 6.21. The Morgan fingerprint density at radius 2 is 0.792 bits per heavy atom. The molecule has 0 heteroatoms. The Labute approximate surface area is 311 Å². The van der Waals surface area contributed by atoms with Crippen LogP contribution in [0.5, 0.6) is 0 Å². The van der Waals surface area contributed by atoms with Gasteiger partial charge in [-0.05, 0) is 105 Å². The predicted octanol–water partition coefficient (Wildman–Crippen LogP) is 14.6. The van der Waals surface area contributed by atoms with Crippen LogP contribution in [0.2, 0.25) is 0 Å². The maximum absolute atomic E-state index is 2.46. The Kier molecular flexibility index (Phi) is 7.27. The van der Waals surface area contributed by atoms with Crippen LogP contribution in [0.25, 0.3) is 89.0 Å². The normalized spacial score (nSPS) is 13.2. The molecule has 0 saturated carbocycles. The molecule has 1 aliphatic carbocycles. The van der Waals surface area contributed by atoms with E-state index in [-0.39, 0.29) is 5.41 Å². The SMILES string of the molecule is CC1(C)c2ccccc2-c2ccc(-c3c4ccccc4c(-c4ccc(C=Cc5ccc(-c6cccc7ccccc67)cc5)cc4)c4ccccc34)cc21. The molecular weight excluding hydrogens is 637 g/mol. The van der Waals surface area contributed by atoms with Gasteiger partial charge in [-0.1, -0.05) is 202 Å². The van der Waals surface area contributed by atoms with Crippen molar-refractivity contribution in [3.63, 3.8) is 0 Å². The number of rotatable bonds is 5. The summed E-state index contributed by atoms with van der Waals surface area (Å²) in [5, 5.41) is 7.67. The Morgan fingerprint density at radius 1 is 0.340 bits per heavy atom. The van der Waals surface area contributed by atoms with Crippen molar-refractivity contribution < 1.29 is 0 Å². The van der Waals surface area contributed by atoms with Crippen molar-refractivity contribution in [2.75, 3.05) is 0 Å². The van der Waals surface area contributed by atoms with Crippen molar-refractivity contribution >= 4 is 44.5 Å². The zero-order valence-corrected chi connectivity index (χ0v) is 30.0. The maximum atomic E-state index is 2.46. The topological polar surface area (TPSA) is 0 Å². The van der Waals surface area contributed by atoms with Gasteiger partial charge in [-0.2, -0.15) is 0 Å². The van der Waals surface area contributed by atoms with Crippen LogP contribution in [-0.4, -0.2) is 0 Å². The van der Waals surface area contributed by atoms with Crippen molar-refractivity contribution in [2.24, 2.45) is 0 Å². The molecule has 0 N–H and O–H groups in total. The van der Waals surface area contributed by atoms with Gasteiger partial charge in [-0.15, -0.1) is 0 Å². The molecule has 0 amide bonds. The first-order chi connectivity index (χ1) is 26.0. The predicted molar refractivity (Wildman–Crippen MR) is 228 cm³/mol. The van der Waals surface area contributed by atoms with Crippen LogP contribution >= 0.6 is 0 Å². The largest absolute Gasteiger partial charge is 0.0619 e. The molecule has 0 radical (unpaired) electrons. The molecule has 0 spiro atoms. The third-order valence-corrected chi connectivity index (χ3v) is 11.5. The number of hydrogen-bond acceptors (Lipinski definition) is 0. The Bertz CT molecular complexity index is 2820. The molecule has 10 rings (SSSR count). The highest BCUT2D eigenvalue weighted by atomic mass is 14.4. The van der Waals surface area contributed by atoms with Gasteiger partial charge in [0.2, 0.25) is 0 Å². The summed E-state index contributed by atoms with van der Waals surface area (Å²) in [6.45, 7) is 4.73. The minimum absolute atomic E-state index is 0.0510. The zero-order chi connectivity index (χ0) is 35.5. The average molecular weight is 675 g/mol. The van der Waals surface area contributed by atoms with Gasteiger partial charge in [0.25, 0.3) is 0 Å². The van der Waals surface area contributed by atoms with Crippen LogP contribution < -0.4 is 0 Å². The lowest BCUT2D eigenvalue weighted by Gasteiger charge is -2.23. The first kappa shape index (κ1) is 31.3. The Balaban J connectivity index is 1.01. The molecule has 0 atom stereocenters. The van der Waals surface area contributed by atoms with E-state index >= 15 is 0 Å². The van der Waals surface area contributed by atoms with Gasteiger partial charge in [0.05, 0.1) is 0 Å². The first-order valence-electron chi connectivity index (χ1n) is 18.6. The van der Waals surface area contributed by atoms with Gasteiger partial charge >= 0.3 is 0 Å². The summed E-state index contributed by atoms with van der Waals surface area (Å²) < 4.78 is 0. The number of benzene rings is 9. The summed E-state index contributed by atoms with van der Waals surface area (Å²) in [5.74, 6) is 0. The highest BCUT2D eigenvalue weighted by Gasteiger charge is 2.35. The Hall–Kier alpha value is -6.50. The summed E-state index contributed by atoms with van der Waals surface area (Å²) in [4.78, 5) is 0. The lowest BCUT2D eigenvalue weighted by atomic mass is 9.80. The van der Waals surface area contributed by atoms with Gasteiger partial charge in [0, 0.05) is 5.41 Å². The molecule has 1 aliphatic rings. The molecule has 0 fully saturated rings. The van der Waals surface area contributed by atoms with Crippen molar-refractivity contribution in [1.82, 2.24) is 0 Å². The van der Waals surface area contributed by atoms with Crippen molar-refractivity contribution in [2.45, 2.75) is 19.3 Å². The van der Waals surface area contributed by atoms with E-state index in [2.05, 4.69) is 208 Å². The summed E-state index contributed by atoms with van der Waals surface area (Å²) in [7, 11) is 0. The summed E-state index contributed by atoms with van der Waals surface area (Å²) in [5.41, 5.74) is 15.4. The lowest BCUT2D eigenvalue weighted by Crippen LogP contribution is -2.14. The first-order valence-corrected chi connectivity index (χ1v) is 18.6. The van der Waals surface area contributed by atoms with Crippen LogP contribution in [0.15, 0.2) is 182 Å². The summed E-state index contributed by atoms with van der Waals surface area (Å²) in [6, 6.07) is 67.0. The quantitative estimate of drug-likeness (QED) is 0.126. The van der Waals surface area contributed by atoms with Crippen LogP contribution in [0.1, 0.15) is 36.1 Å². The molecule has 9 aromatic rings. The van der Waals surface area contributed by atoms with Gasteiger partial charge in [0.1, 0.15) is 0 Å². The number of fused-ring (bicyclic) bond motifs is 6. The fourth-order valence-electron chi connectivity index (χ4n) is 8.81. The van der Waals surface area contributed by atoms with Gasteiger partial charge in [0.15, 0.2) is 0 Å². The third kappa shape index (κ3) is 5.13. The fraction of sp³-hybridized carbons (Fsp3) is 0.0566. The smallest absolute Gasteiger partial charge is 0.0159 e. The van der Waals surface area contributed by atoms with E-state index in [0.717, 1.165) is 0 Å². The molecular formula is C53H38. The van der Waals surface area contributed by atoms with E-state index in [1.807, 2.05) is 0 Å². The second kappa shape index (κ2) is 12.3. The second-order valence-electron chi connectivity index (χ2n) is 14.9. The lowest BCUT2D eigenvalue weighted by molar-refractivity contribution is 0.660. The molecule has 53 heavy (non-hydrogen) atoms. The van der Waals surface area contributed by atoms with E-state index in [1.165, 1.54) is 99.1 Å². The average Bonchev–Trinajstić information content (AvgIpc) is 3.44. The molecule has 0 unspecified atom stereocenters. The zero-order valence-electron chi connectivity index (χ0n) is 30.0. The monoisotopic (exact) mass is 674 g/mol. The van der Waals surface area contributed by atoms with Gasteiger partial charge in [-0.25, -0.2) is 0 Å². The van der Waals surface area contributed by atoms with E-state index in [1.54, 1.807) is 0 Å². The van der Waals surface area contributed by atoms with Crippen LogP contribution in [0.3, 0.4) is 0 Å². The molecule has 250 valence electrons. The highest BCUT2D eigenvalue weighted by Crippen LogP contribution is 2.51. The standard InChI is InChI=1S/C53H38/c1-53(2)49-21-10-9-15-43(49)44-33-32-40(34-50(44)53)52-47-18-7-5-16-45(47)51(46-17-6-8-19-48(46)52)39-30-26-36(27-31-39)23-22-35-24-28-38(29-25-35)42-20-11-13-37-12-3-4-14-41(37)42/h3-34H,1-2H3. The molecule has 0 aromatic heterocycles. The second-order valence-corrected chi connectivity index (χ2v) is 14.9. The Morgan fingerprint density at radius 3 is 1.43 bits per heavy atom. The van der Waals surface area contributed by atoms with E-state index in [4.69, 9.17) is 0 Å². The maximum Gasteiger partial charge on any atom is 0.0159 e. The molecule has 0 nitrogen and oxygen atoms in total. The van der Waals surface area contributed by atoms with Crippen LogP contribution in [0, 0.1) is 0 Å². The third-order valence-electron chi connectivity index (χ3n) is 11.5. The molecule has 0 heterocycles.